The quantitative estimate of drug-likeness (QED) is 0.850. The van der Waals surface area contributed by atoms with Gasteiger partial charge in [-0.25, -0.2) is 0 Å². The van der Waals surface area contributed by atoms with Crippen LogP contribution in [-0.2, 0) is 9.59 Å². The fourth-order valence-corrected chi connectivity index (χ4v) is 3.49. The van der Waals surface area contributed by atoms with Crippen molar-refractivity contribution in [3.05, 3.63) is 18.2 Å². The van der Waals surface area contributed by atoms with Crippen LogP contribution in [0.25, 0.3) is 0 Å². The van der Waals surface area contributed by atoms with Crippen LogP contribution in [0.1, 0.15) is 19.3 Å². The molecule has 1 atom stereocenters. The summed E-state index contributed by atoms with van der Waals surface area (Å²) in [4.78, 5) is 28.7. The van der Waals surface area contributed by atoms with Crippen LogP contribution >= 0.6 is 12.4 Å². The Morgan fingerprint density at radius 1 is 1.19 bits per heavy atom. The summed E-state index contributed by atoms with van der Waals surface area (Å²) in [6.45, 7) is 1.73. The van der Waals surface area contributed by atoms with Crippen LogP contribution in [0, 0.1) is 5.92 Å². The van der Waals surface area contributed by atoms with Crippen LogP contribution in [0.5, 0.6) is 11.5 Å². The molecule has 2 fully saturated rings. The Hall–Kier alpha value is -1.99. The van der Waals surface area contributed by atoms with E-state index in [1.165, 1.54) is 0 Å². The number of hydrogen-bond acceptors (Lipinski definition) is 5. The Kier molecular flexibility index (Phi) is 6.72. The van der Waals surface area contributed by atoms with Crippen molar-refractivity contribution in [2.75, 3.05) is 38.8 Å². The average Bonchev–Trinajstić information content (AvgIpc) is 3.02. The van der Waals surface area contributed by atoms with Gasteiger partial charge in [0.25, 0.3) is 0 Å². The first-order valence-corrected chi connectivity index (χ1v) is 8.60. The third-order valence-electron chi connectivity index (χ3n) is 5.00. The van der Waals surface area contributed by atoms with Gasteiger partial charge in [-0.05, 0) is 25.0 Å². The lowest BCUT2D eigenvalue weighted by atomic mass is 10.0. The van der Waals surface area contributed by atoms with Gasteiger partial charge in [-0.2, -0.15) is 0 Å². The number of hydrogen-bond donors (Lipinski definition) is 1. The van der Waals surface area contributed by atoms with Crippen LogP contribution in [0.15, 0.2) is 18.2 Å². The Bertz CT molecular complexity index is 662. The van der Waals surface area contributed by atoms with E-state index in [2.05, 4.69) is 0 Å². The highest BCUT2D eigenvalue weighted by atomic mass is 35.5. The standard InChI is InChI=1S/C18H25N3O4.ClH/c1-24-14-3-4-15(16(10-14)25-2)21-11-12(9-17(21)22)18(23)20-7-5-13(19)6-8-20;/h3-4,10,12-13H,5-9,11,19H2,1-2H3;1H. The number of nitrogens with zero attached hydrogens (tertiary/aromatic N) is 2. The van der Waals surface area contributed by atoms with E-state index in [-0.39, 0.29) is 42.6 Å². The molecule has 2 aliphatic heterocycles. The number of likely N-dealkylation sites (tertiary alicyclic amines) is 1. The summed E-state index contributed by atoms with van der Waals surface area (Å²) in [6.07, 6.45) is 1.88. The van der Waals surface area contributed by atoms with Crippen molar-refractivity contribution in [2.24, 2.45) is 11.7 Å². The first kappa shape index (κ1) is 20.3. The lowest BCUT2D eigenvalue weighted by molar-refractivity contribution is -0.136. The van der Waals surface area contributed by atoms with Gasteiger partial charge >= 0.3 is 0 Å². The van der Waals surface area contributed by atoms with E-state index in [0.717, 1.165) is 12.8 Å². The third kappa shape index (κ3) is 4.04. The summed E-state index contributed by atoms with van der Waals surface area (Å²) in [5, 5.41) is 0. The molecule has 0 aromatic heterocycles. The van der Waals surface area contributed by atoms with Crippen LogP contribution < -0.4 is 20.1 Å². The maximum Gasteiger partial charge on any atom is 0.228 e. The molecule has 1 unspecified atom stereocenters. The van der Waals surface area contributed by atoms with Crippen molar-refractivity contribution in [3.8, 4) is 11.5 Å². The third-order valence-corrected chi connectivity index (χ3v) is 5.00. The zero-order valence-electron chi connectivity index (χ0n) is 15.1. The predicted octanol–water partition coefficient (Wildman–Crippen LogP) is 1.43. The van der Waals surface area contributed by atoms with Crippen LogP contribution in [-0.4, -0.2) is 56.6 Å². The molecule has 3 rings (SSSR count). The van der Waals surface area contributed by atoms with E-state index in [4.69, 9.17) is 15.2 Å². The second kappa shape index (κ2) is 8.60. The largest absolute Gasteiger partial charge is 0.497 e. The van der Waals surface area contributed by atoms with Crippen LogP contribution in [0.4, 0.5) is 5.69 Å². The minimum absolute atomic E-state index is 0. The predicted molar refractivity (Wildman–Crippen MR) is 101 cm³/mol. The molecule has 0 spiro atoms. The number of carbonyl (C=O) groups excluding carboxylic acids is 2. The van der Waals surface area contributed by atoms with E-state index in [0.29, 0.717) is 36.8 Å². The van der Waals surface area contributed by atoms with E-state index < -0.39 is 0 Å². The highest BCUT2D eigenvalue weighted by Crippen LogP contribution is 2.36. The summed E-state index contributed by atoms with van der Waals surface area (Å²) in [6, 6.07) is 5.49. The summed E-state index contributed by atoms with van der Waals surface area (Å²) >= 11 is 0. The van der Waals surface area contributed by atoms with Crippen molar-refractivity contribution >= 4 is 29.9 Å². The number of halogens is 1. The molecule has 2 amide bonds. The first-order chi connectivity index (χ1) is 12.0. The Morgan fingerprint density at radius 2 is 1.88 bits per heavy atom. The molecule has 8 heteroatoms. The molecule has 0 aliphatic carbocycles. The molecule has 2 aliphatic rings. The zero-order chi connectivity index (χ0) is 18.0. The number of carbonyl (C=O) groups is 2. The minimum atomic E-state index is -0.311. The van der Waals surface area contributed by atoms with Crippen LogP contribution in [0.2, 0.25) is 0 Å². The van der Waals surface area contributed by atoms with Gasteiger partial charge in [0.05, 0.1) is 25.8 Å². The van der Waals surface area contributed by atoms with Gasteiger partial charge in [0.2, 0.25) is 11.8 Å². The van der Waals surface area contributed by atoms with Crippen LogP contribution in [0.3, 0.4) is 0 Å². The van der Waals surface area contributed by atoms with Gasteiger partial charge in [0.1, 0.15) is 11.5 Å². The molecule has 0 saturated carbocycles. The molecule has 144 valence electrons. The monoisotopic (exact) mass is 383 g/mol. The van der Waals surface area contributed by atoms with Crippen molar-refractivity contribution in [1.82, 2.24) is 4.90 Å². The average molecular weight is 384 g/mol. The molecular formula is C18H26ClN3O4. The minimum Gasteiger partial charge on any atom is -0.497 e. The SMILES string of the molecule is COc1ccc(N2CC(C(=O)N3CCC(N)CC3)CC2=O)c(OC)c1.Cl. The summed E-state index contributed by atoms with van der Waals surface area (Å²) in [7, 11) is 3.13. The summed E-state index contributed by atoms with van der Waals surface area (Å²) in [5.74, 6) is 0.897. The highest BCUT2D eigenvalue weighted by Gasteiger charge is 2.38. The van der Waals surface area contributed by atoms with Crippen molar-refractivity contribution < 1.29 is 19.1 Å². The lowest BCUT2D eigenvalue weighted by Crippen LogP contribution is -2.45. The number of piperidine rings is 1. The summed E-state index contributed by atoms with van der Waals surface area (Å²) in [5.41, 5.74) is 6.57. The van der Waals surface area contributed by atoms with E-state index in [1.807, 2.05) is 4.90 Å². The topological polar surface area (TPSA) is 85.1 Å². The highest BCUT2D eigenvalue weighted by molar-refractivity contribution is 6.01. The number of amides is 2. The molecular weight excluding hydrogens is 358 g/mol. The maximum absolute atomic E-state index is 12.7. The molecule has 26 heavy (non-hydrogen) atoms. The molecule has 7 nitrogen and oxygen atoms in total. The number of nitrogens with two attached hydrogens (primary N) is 1. The fraction of sp³-hybridized carbons (Fsp3) is 0.556. The molecule has 0 bridgehead atoms. The molecule has 2 saturated heterocycles. The second-order valence-electron chi connectivity index (χ2n) is 6.61. The molecule has 2 heterocycles. The van der Waals surface area contributed by atoms with Gasteiger partial charge in [-0.1, -0.05) is 0 Å². The number of ether oxygens (including phenoxy) is 2. The van der Waals surface area contributed by atoms with Gasteiger partial charge in [-0.15, -0.1) is 12.4 Å². The molecule has 1 aromatic carbocycles. The van der Waals surface area contributed by atoms with E-state index >= 15 is 0 Å². The fourth-order valence-electron chi connectivity index (χ4n) is 3.49. The van der Waals surface area contributed by atoms with E-state index in [1.54, 1.807) is 37.3 Å². The zero-order valence-corrected chi connectivity index (χ0v) is 16.0. The van der Waals surface area contributed by atoms with Crippen molar-refractivity contribution in [3.63, 3.8) is 0 Å². The van der Waals surface area contributed by atoms with Gasteiger partial charge in [-0.3, -0.25) is 9.59 Å². The number of methoxy groups -OCH3 is 2. The van der Waals surface area contributed by atoms with Gasteiger partial charge < -0.3 is 25.0 Å². The van der Waals surface area contributed by atoms with Gasteiger partial charge in [0.15, 0.2) is 0 Å². The Morgan fingerprint density at radius 3 is 2.50 bits per heavy atom. The number of rotatable bonds is 4. The normalized spacial score (nSPS) is 20.7. The number of benzene rings is 1. The molecule has 1 aromatic rings. The molecule has 0 radical (unpaired) electrons. The molecule has 2 N–H and O–H groups in total. The second-order valence-corrected chi connectivity index (χ2v) is 6.61. The summed E-state index contributed by atoms with van der Waals surface area (Å²) < 4.78 is 10.6. The van der Waals surface area contributed by atoms with Crippen molar-refractivity contribution in [1.29, 1.82) is 0 Å². The van der Waals surface area contributed by atoms with Gasteiger partial charge in [0, 0.05) is 38.2 Å². The Balaban J connectivity index is 0.00000243. The first-order valence-electron chi connectivity index (χ1n) is 8.60. The smallest absolute Gasteiger partial charge is 0.228 e. The van der Waals surface area contributed by atoms with E-state index in [9.17, 15) is 9.59 Å². The Labute approximate surface area is 159 Å². The maximum atomic E-state index is 12.7. The van der Waals surface area contributed by atoms with Crippen molar-refractivity contribution in [2.45, 2.75) is 25.3 Å². The number of anilines is 1. The lowest BCUT2D eigenvalue weighted by Gasteiger charge is -2.32.